The zero-order valence-electron chi connectivity index (χ0n) is 8.16. The van der Waals surface area contributed by atoms with Crippen LogP contribution in [0.3, 0.4) is 0 Å². The summed E-state index contributed by atoms with van der Waals surface area (Å²) in [5.74, 6) is 1.35. The van der Waals surface area contributed by atoms with Crippen molar-refractivity contribution in [3.8, 4) is 11.5 Å². The van der Waals surface area contributed by atoms with Gasteiger partial charge in [0.15, 0.2) is 17.1 Å². The topological polar surface area (TPSA) is 35.5 Å². The number of carbonyl (C=O) groups is 1. The van der Waals surface area contributed by atoms with Gasteiger partial charge in [0.25, 0.3) is 0 Å². The Kier molecular flexibility index (Phi) is 2.08. The van der Waals surface area contributed by atoms with Crippen LogP contribution in [0.1, 0.15) is 15.9 Å². The fourth-order valence-electron chi connectivity index (χ4n) is 1.63. The van der Waals surface area contributed by atoms with Crippen molar-refractivity contribution in [1.82, 2.24) is 0 Å². The van der Waals surface area contributed by atoms with E-state index in [1.54, 1.807) is 26.7 Å². The van der Waals surface area contributed by atoms with Crippen LogP contribution in [0.25, 0.3) is 0 Å². The first kappa shape index (κ1) is 8.94. The molecule has 0 saturated carbocycles. The van der Waals surface area contributed by atoms with Crippen LogP contribution in [0.4, 0.5) is 0 Å². The summed E-state index contributed by atoms with van der Waals surface area (Å²) in [5.41, 5.74) is 1.73. The molecule has 0 N–H and O–H groups in total. The molecule has 1 aliphatic rings. The van der Waals surface area contributed by atoms with Crippen LogP contribution in [0, 0.1) is 6.42 Å². The zero-order chi connectivity index (χ0) is 10.1. The number of carbonyl (C=O) groups excluding carboxylic acids is 1. The van der Waals surface area contributed by atoms with Gasteiger partial charge in [0.05, 0.1) is 38.7 Å². The molecule has 0 aliphatic heterocycles. The fraction of sp³-hybridized carbons (Fsp3) is 0.273. The van der Waals surface area contributed by atoms with Gasteiger partial charge in [0, 0.05) is 6.07 Å². The van der Waals surface area contributed by atoms with Crippen LogP contribution in [0.2, 0.25) is 0 Å². The van der Waals surface area contributed by atoms with Gasteiger partial charge in [-0.2, -0.15) is 0 Å². The predicted molar refractivity (Wildman–Crippen MR) is 51.9 cm³/mol. The number of hydrogen-bond acceptors (Lipinski definition) is 3. The lowest BCUT2D eigenvalue weighted by Gasteiger charge is -2.05. The lowest BCUT2D eigenvalue weighted by Crippen LogP contribution is -1.96. The normalized spacial score (nSPS) is 13.4. The van der Waals surface area contributed by atoms with E-state index in [0.29, 0.717) is 17.9 Å². The van der Waals surface area contributed by atoms with Crippen LogP contribution < -0.4 is 9.47 Å². The van der Waals surface area contributed by atoms with Crippen LogP contribution in [0.15, 0.2) is 12.1 Å². The van der Waals surface area contributed by atoms with Crippen molar-refractivity contribution < 1.29 is 14.3 Å². The first-order valence-corrected chi connectivity index (χ1v) is 4.38. The first-order chi connectivity index (χ1) is 6.76. The maximum Gasteiger partial charge on any atom is 0.337 e. The van der Waals surface area contributed by atoms with Crippen molar-refractivity contribution in [3.05, 3.63) is 29.7 Å². The summed E-state index contributed by atoms with van der Waals surface area (Å²) in [7, 11) is 3.15. The molecule has 0 aromatic heterocycles. The Morgan fingerprint density at radius 3 is 2.50 bits per heavy atom. The van der Waals surface area contributed by atoms with Gasteiger partial charge in [-0.3, -0.25) is 0 Å². The second kappa shape index (κ2) is 3.25. The van der Waals surface area contributed by atoms with E-state index in [2.05, 4.69) is 0 Å². The van der Waals surface area contributed by atoms with E-state index >= 15 is 0 Å². The molecule has 0 amide bonds. The Morgan fingerprint density at radius 2 is 1.86 bits per heavy atom. The molecule has 0 atom stereocenters. The van der Waals surface area contributed by atoms with Gasteiger partial charge in [0.2, 0.25) is 0 Å². The number of Topliss-reactive ketones (excluding diaryl/α,β-unsaturated/α-hetero) is 1. The largest absolute Gasteiger partial charge is 0.493 e. The summed E-state index contributed by atoms with van der Waals surface area (Å²) in [6.07, 6.45) is 2.36. The van der Waals surface area contributed by atoms with E-state index in [0.717, 1.165) is 11.1 Å². The third kappa shape index (κ3) is 1.21. The molecular weight excluding hydrogens is 180 g/mol. The van der Waals surface area contributed by atoms with E-state index in [9.17, 15) is 4.79 Å². The minimum Gasteiger partial charge on any atom is -0.493 e. The summed E-state index contributed by atoms with van der Waals surface area (Å²) in [6, 6.07) is 3.59. The van der Waals surface area contributed by atoms with E-state index < -0.39 is 0 Å². The Morgan fingerprint density at radius 1 is 1.21 bits per heavy atom. The quantitative estimate of drug-likeness (QED) is 0.667. The summed E-state index contributed by atoms with van der Waals surface area (Å²) < 4.78 is 10.3. The summed E-state index contributed by atoms with van der Waals surface area (Å²) in [4.78, 5) is 11.4. The summed E-state index contributed by atoms with van der Waals surface area (Å²) in [6.45, 7) is 0. The molecule has 0 saturated heterocycles. The number of hydrogen-bond donors (Lipinski definition) is 0. The molecule has 0 bridgehead atoms. The van der Waals surface area contributed by atoms with Crippen molar-refractivity contribution >= 4 is 5.78 Å². The molecule has 0 unspecified atom stereocenters. The van der Waals surface area contributed by atoms with Crippen molar-refractivity contribution in [3.63, 3.8) is 0 Å². The van der Waals surface area contributed by atoms with Crippen molar-refractivity contribution in [2.75, 3.05) is 14.2 Å². The third-order valence-electron chi connectivity index (χ3n) is 2.38. The second-order valence-electron chi connectivity index (χ2n) is 3.14. The van der Waals surface area contributed by atoms with Crippen molar-refractivity contribution in [2.45, 2.75) is 6.42 Å². The standard InChI is InChI=1S/C11H11O3/c1-13-10-5-7-3-4-9(12)8(7)6-11(10)14-2/h4-6H,3H2,1-2H3/q+1. The Hall–Kier alpha value is -1.64. The molecule has 0 fully saturated rings. The van der Waals surface area contributed by atoms with Crippen molar-refractivity contribution in [2.24, 2.45) is 0 Å². The van der Waals surface area contributed by atoms with Gasteiger partial charge in [-0.25, -0.2) is 4.79 Å². The van der Waals surface area contributed by atoms with Crippen LogP contribution in [-0.4, -0.2) is 20.0 Å². The highest BCUT2D eigenvalue weighted by Gasteiger charge is 2.32. The Bertz CT molecular complexity index is 382. The molecule has 2 rings (SSSR count). The summed E-state index contributed by atoms with van der Waals surface area (Å²) in [5, 5.41) is 0. The minimum atomic E-state index is 0.0703. The molecular formula is C11H11O3+. The van der Waals surface area contributed by atoms with Gasteiger partial charge >= 0.3 is 5.78 Å². The average Bonchev–Trinajstić information content (AvgIpc) is 2.58. The van der Waals surface area contributed by atoms with Crippen LogP contribution in [-0.2, 0) is 6.42 Å². The second-order valence-corrected chi connectivity index (χ2v) is 3.14. The van der Waals surface area contributed by atoms with Gasteiger partial charge in [-0.15, -0.1) is 0 Å². The number of benzene rings is 1. The molecule has 1 aliphatic carbocycles. The fourth-order valence-corrected chi connectivity index (χ4v) is 1.63. The highest BCUT2D eigenvalue weighted by Crippen LogP contribution is 2.34. The molecule has 14 heavy (non-hydrogen) atoms. The monoisotopic (exact) mass is 191 g/mol. The average molecular weight is 191 g/mol. The molecule has 0 radical (unpaired) electrons. The number of fused-ring (bicyclic) bond motifs is 1. The first-order valence-electron chi connectivity index (χ1n) is 4.38. The summed E-state index contributed by atoms with van der Waals surface area (Å²) >= 11 is 0. The highest BCUT2D eigenvalue weighted by molar-refractivity contribution is 6.07. The minimum absolute atomic E-state index is 0.0703. The van der Waals surface area contributed by atoms with Crippen LogP contribution in [0.5, 0.6) is 11.5 Å². The molecule has 3 nitrogen and oxygen atoms in total. The van der Waals surface area contributed by atoms with Gasteiger partial charge < -0.3 is 9.47 Å². The lowest BCUT2D eigenvalue weighted by molar-refractivity contribution is 0.103. The Balaban J connectivity index is 2.54. The van der Waals surface area contributed by atoms with E-state index in [-0.39, 0.29) is 5.78 Å². The number of methoxy groups -OCH3 is 2. The zero-order valence-corrected chi connectivity index (χ0v) is 8.16. The molecule has 0 heterocycles. The SMILES string of the molecule is COc1cc2c(cc1OC)C(=O)[CH+]C2. The number of ketones is 1. The van der Waals surface area contributed by atoms with E-state index in [1.807, 2.05) is 6.07 Å². The molecule has 1 aromatic rings. The maximum atomic E-state index is 11.4. The smallest absolute Gasteiger partial charge is 0.337 e. The Labute approximate surface area is 82.6 Å². The van der Waals surface area contributed by atoms with Gasteiger partial charge in [-0.05, 0) is 0 Å². The van der Waals surface area contributed by atoms with E-state index in [1.165, 1.54) is 0 Å². The highest BCUT2D eigenvalue weighted by atomic mass is 16.5. The molecule has 1 aromatic carbocycles. The maximum absolute atomic E-state index is 11.4. The molecule has 3 heteroatoms. The van der Waals surface area contributed by atoms with Gasteiger partial charge in [-0.1, -0.05) is 0 Å². The van der Waals surface area contributed by atoms with E-state index in [4.69, 9.17) is 9.47 Å². The number of ether oxygens (including phenoxy) is 2. The lowest BCUT2D eigenvalue weighted by atomic mass is 10.1. The number of rotatable bonds is 2. The van der Waals surface area contributed by atoms with Gasteiger partial charge in [0.1, 0.15) is 0 Å². The van der Waals surface area contributed by atoms with Crippen molar-refractivity contribution in [1.29, 1.82) is 0 Å². The molecule has 72 valence electrons. The third-order valence-corrected chi connectivity index (χ3v) is 2.38. The van der Waals surface area contributed by atoms with Crippen LogP contribution >= 0.6 is 0 Å². The molecule has 0 spiro atoms. The predicted octanol–water partition coefficient (Wildman–Crippen LogP) is 1.65.